The lowest BCUT2D eigenvalue weighted by atomic mass is 9.85. The minimum Gasteiger partial charge on any atom is -0.481 e. The number of aliphatic carboxylic acids is 1. The van der Waals surface area contributed by atoms with Crippen molar-refractivity contribution < 1.29 is 24.6 Å². The molecular formula is C28H49N3O5. The molecule has 0 saturated heterocycles. The lowest BCUT2D eigenvalue weighted by Gasteiger charge is -2.30. The number of carbonyl (C=O) groups excluding carboxylic acids is 2. The fourth-order valence-electron chi connectivity index (χ4n) is 3.87. The Hall–Kier alpha value is -2.45. The van der Waals surface area contributed by atoms with Gasteiger partial charge in [0, 0.05) is 25.4 Å². The van der Waals surface area contributed by atoms with Crippen LogP contribution >= 0.6 is 0 Å². The van der Waals surface area contributed by atoms with Gasteiger partial charge in [0.15, 0.2) is 0 Å². The number of nitrogens with two attached hydrogens (primary N) is 1. The highest BCUT2D eigenvalue weighted by molar-refractivity contribution is 5.88. The van der Waals surface area contributed by atoms with Gasteiger partial charge in [-0.2, -0.15) is 0 Å². The van der Waals surface area contributed by atoms with Crippen LogP contribution in [0.15, 0.2) is 30.3 Å². The van der Waals surface area contributed by atoms with Crippen molar-refractivity contribution in [3.8, 4) is 0 Å². The predicted molar refractivity (Wildman–Crippen MR) is 144 cm³/mol. The molecule has 0 aliphatic carbocycles. The molecule has 0 aromatic heterocycles. The molecule has 6 N–H and O–H groups in total. The summed E-state index contributed by atoms with van der Waals surface area (Å²) in [6.45, 7) is 13.6. The summed E-state index contributed by atoms with van der Waals surface area (Å²) in [5.74, 6) is -1.21. The second-order valence-corrected chi connectivity index (χ2v) is 10.4. The monoisotopic (exact) mass is 507 g/mol. The van der Waals surface area contributed by atoms with Crippen molar-refractivity contribution in [2.24, 2.45) is 29.4 Å². The Morgan fingerprint density at radius 1 is 0.972 bits per heavy atom. The van der Waals surface area contributed by atoms with Gasteiger partial charge in [-0.15, -0.1) is 0 Å². The number of rotatable bonds is 14. The lowest BCUT2D eigenvalue weighted by molar-refractivity contribution is -0.134. The van der Waals surface area contributed by atoms with Crippen LogP contribution in [0.4, 0.5) is 0 Å². The minimum atomic E-state index is -0.833. The fourth-order valence-corrected chi connectivity index (χ4v) is 3.87. The molecule has 5 atom stereocenters. The highest BCUT2D eigenvalue weighted by Gasteiger charge is 2.32. The van der Waals surface area contributed by atoms with E-state index in [0.29, 0.717) is 25.3 Å². The summed E-state index contributed by atoms with van der Waals surface area (Å²) < 4.78 is 0. The molecule has 0 aliphatic heterocycles. The van der Waals surface area contributed by atoms with Gasteiger partial charge in [0.1, 0.15) is 6.04 Å². The van der Waals surface area contributed by atoms with Crippen molar-refractivity contribution in [1.82, 2.24) is 10.6 Å². The first-order chi connectivity index (χ1) is 16.8. The van der Waals surface area contributed by atoms with E-state index in [4.69, 9.17) is 15.6 Å². The average Bonchev–Trinajstić information content (AvgIpc) is 2.79. The van der Waals surface area contributed by atoms with E-state index in [2.05, 4.69) is 24.5 Å². The summed E-state index contributed by atoms with van der Waals surface area (Å²) in [5.41, 5.74) is 7.30. The van der Waals surface area contributed by atoms with Crippen LogP contribution in [0.5, 0.6) is 0 Å². The van der Waals surface area contributed by atoms with Gasteiger partial charge in [-0.05, 0) is 42.6 Å². The fraction of sp³-hybridized carbons (Fsp3) is 0.679. The SMILES string of the molecule is CC(=O)O.CCC(C)[C@H](NC(=O)C(CC(O)C(N)CC(C)C)C(C)C)C(=O)NCCc1ccccc1. The summed E-state index contributed by atoms with van der Waals surface area (Å²) in [6, 6.07) is 9.01. The Morgan fingerprint density at radius 3 is 2.00 bits per heavy atom. The van der Waals surface area contributed by atoms with Crippen molar-refractivity contribution in [3.63, 3.8) is 0 Å². The standard InChI is InChI=1S/C26H45N3O3.C2H4O2/c1-7-19(6)24(26(32)28-14-13-20-11-9-8-10-12-20)29-25(31)21(18(4)5)16-23(30)22(27)15-17(2)3;1-2(3)4/h8-12,17-19,21-24,30H,7,13-16,27H2,1-6H3,(H,28,32)(H,29,31);1H3,(H,3,4)/t19?,21?,22?,23?,24-;/m0./s1. The zero-order valence-electron chi connectivity index (χ0n) is 23.2. The topological polar surface area (TPSA) is 142 Å². The molecule has 4 unspecified atom stereocenters. The Balaban J connectivity index is 0.00000283. The zero-order chi connectivity index (χ0) is 27.8. The van der Waals surface area contributed by atoms with Gasteiger partial charge in [-0.1, -0.05) is 78.3 Å². The first kappa shape index (κ1) is 33.5. The molecule has 1 aromatic carbocycles. The van der Waals surface area contributed by atoms with Crippen LogP contribution in [0, 0.1) is 23.7 Å². The number of hydrogen-bond acceptors (Lipinski definition) is 5. The van der Waals surface area contributed by atoms with E-state index < -0.39 is 24.0 Å². The van der Waals surface area contributed by atoms with E-state index in [1.807, 2.05) is 58.0 Å². The van der Waals surface area contributed by atoms with Gasteiger partial charge in [-0.3, -0.25) is 14.4 Å². The van der Waals surface area contributed by atoms with Gasteiger partial charge in [0.25, 0.3) is 5.97 Å². The third kappa shape index (κ3) is 14.2. The van der Waals surface area contributed by atoms with Crippen LogP contribution in [0.2, 0.25) is 0 Å². The van der Waals surface area contributed by atoms with Gasteiger partial charge in [0.05, 0.1) is 6.10 Å². The molecule has 8 nitrogen and oxygen atoms in total. The summed E-state index contributed by atoms with van der Waals surface area (Å²) >= 11 is 0. The Kier molecular flexibility index (Phi) is 16.7. The maximum absolute atomic E-state index is 13.2. The van der Waals surface area contributed by atoms with Crippen LogP contribution in [-0.4, -0.2) is 52.7 Å². The number of carboxylic acids is 1. The Bertz CT molecular complexity index is 766. The van der Waals surface area contributed by atoms with Crippen molar-refractivity contribution >= 4 is 17.8 Å². The number of carbonyl (C=O) groups is 3. The smallest absolute Gasteiger partial charge is 0.300 e. The third-order valence-electron chi connectivity index (χ3n) is 6.22. The lowest BCUT2D eigenvalue weighted by Crippen LogP contribution is -2.53. The highest BCUT2D eigenvalue weighted by atomic mass is 16.4. The van der Waals surface area contributed by atoms with Crippen molar-refractivity contribution in [2.45, 2.75) is 92.3 Å². The zero-order valence-corrected chi connectivity index (χ0v) is 23.2. The van der Waals surface area contributed by atoms with Crippen LogP contribution in [0.25, 0.3) is 0 Å². The number of aliphatic hydroxyl groups excluding tert-OH is 1. The first-order valence-corrected chi connectivity index (χ1v) is 13.0. The summed E-state index contributed by atoms with van der Waals surface area (Å²) in [6.07, 6.45) is 1.75. The quantitative estimate of drug-likeness (QED) is 0.261. The summed E-state index contributed by atoms with van der Waals surface area (Å²) in [4.78, 5) is 35.1. The van der Waals surface area contributed by atoms with Gasteiger partial charge in [-0.25, -0.2) is 0 Å². The number of amides is 2. The summed E-state index contributed by atoms with van der Waals surface area (Å²) in [5, 5.41) is 23.9. The molecule has 2 amide bonds. The first-order valence-electron chi connectivity index (χ1n) is 13.0. The van der Waals surface area contributed by atoms with E-state index in [0.717, 1.165) is 25.3 Å². The average molecular weight is 508 g/mol. The van der Waals surface area contributed by atoms with Crippen LogP contribution in [0.1, 0.15) is 73.3 Å². The second-order valence-electron chi connectivity index (χ2n) is 10.4. The van der Waals surface area contributed by atoms with Crippen LogP contribution in [-0.2, 0) is 20.8 Å². The summed E-state index contributed by atoms with van der Waals surface area (Å²) in [7, 11) is 0. The van der Waals surface area contributed by atoms with Crippen LogP contribution in [0.3, 0.4) is 0 Å². The minimum absolute atomic E-state index is 0.00314. The molecule has 0 aliphatic rings. The normalized spacial score (nSPS) is 15.2. The number of aliphatic hydroxyl groups is 1. The van der Waals surface area contributed by atoms with Crippen LogP contribution < -0.4 is 16.4 Å². The van der Waals surface area contributed by atoms with Crippen molar-refractivity contribution in [3.05, 3.63) is 35.9 Å². The van der Waals surface area contributed by atoms with E-state index in [1.54, 1.807) is 0 Å². The molecule has 36 heavy (non-hydrogen) atoms. The van der Waals surface area contributed by atoms with Crippen molar-refractivity contribution in [1.29, 1.82) is 0 Å². The second kappa shape index (κ2) is 17.9. The number of nitrogens with one attached hydrogen (secondary N) is 2. The highest BCUT2D eigenvalue weighted by Crippen LogP contribution is 2.21. The maximum atomic E-state index is 13.2. The molecule has 0 bridgehead atoms. The molecule has 0 saturated carbocycles. The van der Waals surface area contributed by atoms with Gasteiger partial charge < -0.3 is 26.6 Å². The van der Waals surface area contributed by atoms with E-state index in [1.165, 1.54) is 0 Å². The molecule has 8 heteroatoms. The van der Waals surface area contributed by atoms with E-state index in [9.17, 15) is 14.7 Å². The Labute approximate surface area is 217 Å². The van der Waals surface area contributed by atoms with Crippen molar-refractivity contribution in [2.75, 3.05) is 6.54 Å². The van der Waals surface area contributed by atoms with Gasteiger partial charge in [0.2, 0.25) is 11.8 Å². The number of carboxylic acid groups (broad SMARTS) is 1. The molecule has 206 valence electrons. The molecular weight excluding hydrogens is 458 g/mol. The molecule has 1 aromatic rings. The number of hydrogen-bond donors (Lipinski definition) is 5. The van der Waals surface area contributed by atoms with E-state index in [-0.39, 0.29) is 29.7 Å². The number of benzene rings is 1. The van der Waals surface area contributed by atoms with Gasteiger partial charge >= 0.3 is 0 Å². The third-order valence-corrected chi connectivity index (χ3v) is 6.22. The molecule has 0 radical (unpaired) electrons. The van der Waals surface area contributed by atoms with E-state index >= 15 is 0 Å². The molecule has 1 rings (SSSR count). The Morgan fingerprint density at radius 2 is 1.53 bits per heavy atom. The largest absolute Gasteiger partial charge is 0.481 e. The molecule has 0 heterocycles. The molecule has 0 spiro atoms. The maximum Gasteiger partial charge on any atom is 0.300 e. The molecule has 0 fully saturated rings. The predicted octanol–water partition coefficient (Wildman–Crippen LogP) is 3.36.